The van der Waals surface area contributed by atoms with E-state index < -0.39 is 4.92 Å². The van der Waals surface area contributed by atoms with Crippen molar-refractivity contribution in [3.63, 3.8) is 0 Å². The van der Waals surface area contributed by atoms with Crippen LogP contribution in [0, 0.1) is 10.1 Å². The van der Waals surface area contributed by atoms with E-state index in [-0.39, 0.29) is 24.0 Å². The van der Waals surface area contributed by atoms with Gasteiger partial charge in [0.15, 0.2) is 5.13 Å². The number of rotatable bonds is 5. The lowest BCUT2D eigenvalue weighted by molar-refractivity contribution is -0.384. The zero-order valence-electron chi connectivity index (χ0n) is 14.0. The van der Waals surface area contributed by atoms with Crippen molar-refractivity contribution in [3.05, 3.63) is 45.0 Å². The molecule has 1 aromatic heterocycles. The Hall–Kier alpha value is -2.85. The molecule has 2 N–H and O–H groups in total. The van der Waals surface area contributed by atoms with Crippen molar-refractivity contribution in [2.75, 3.05) is 23.7 Å². The van der Waals surface area contributed by atoms with E-state index in [0.29, 0.717) is 30.3 Å². The van der Waals surface area contributed by atoms with E-state index in [1.54, 1.807) is 6.07 Å². The van der Waals surface area contributed by atoms with Gasteiger partial charge in [-0.2, -0.15) is 0 Å². The molecule has 2 heterocycles. The summed E-state index contributed by atoms with van der Waals surface area (Å²) in [7, 11) is 0. The first-order chi connectivity index (χ1) is 12.4. The molecule has 0 saturated heterocycles. The Kier molecular flexibility index (Phi) is 5.24. The van der Waals surface area contributed by atoms with Crippen LogP contribution in [0.1, 0.15) is 17.5 Å². The maximum atomic E-state index is 12.2. The van der Waals surface area contributed by atoms with Crippen molar-refractivity contribution in [2.45, 2.75) is 19.9 Å². The molecule has 0 aliphatic carbocycles. The van der Waals surface area contributed by atoms with Crippen LogP contribution < -0.4 is 10.6 Å². The van der Waals surface area contributed by atoms with Crippen molar-refractivity contribution in [1.29, 1.82) is 0 Å². The van der Waals surface area contributed by atoms with Gasteiger partial charge in [0.1, 0.15) is 0 Å². The number of nitro benzene ring substituents is 1. The van der Waals surface area contributed by atoms with Crippen molar-refractivity contribution >= 4 is 39.7 Å². The standard InChI is InChI=1S/C16H17N5O4S/c1-10(22)17-16-19-13-5-6-20(8-14(13)26-16)9-15(23)18-11-3-2-4-12(7-11)21(24)25/h2-4,7H,5-6,8-9H2,1H3,(H,18,23)(H,17,19,22). The number of thiazole rings is 1. The van der Waals surface area contributed by atoms with Crippen molar-refractivity contribution < 1.29 is 14.5 Å². The summed E-state index contributed by atoms with van der Waals surface area (Å²) in [6.07, 6.45) is 0.704. The number of nitrogens with zero attached hydrogens (tertiary/aromatic N) is 3. The number of aromatic nitrogens is 1. The van der Waals surface area contributed by atoms with Crippen LogP contribution in [-0.4, -0.2) is 39.7 Å². The summed E-state index contributed by atoms with van der Waals surface area (Å²) in [5.41, 5.74) is 1.28. The largest absolute Gasteiger partial charge is 0.325 e. The zero-order valence-corrected chi connectivity index (χ0v) is 14.8. The lowest BCUT2D eigenvalue weighted by Crippen LogP contribution is -2.36. The molecule has 0 saturated carbocycles. The van der Waals surface area contributed by atoms with Crippen LogP contribution >= 0.6 is 11.3 Å². The van der Waals surface area contributed by atoms with Gasteiger partial charge in [0, 0.05) is 49.1 Å². The van der Waals surface area contributed by atoms with Crippen LogP contribution in [0.4, 0.5) is 16.5 Å². The lowest BCUT2D eigenvalue weighted by atomic mass is 10.2. The summed E-state index contributed by atoms with van der Waals surface area (Å²) >= 11 is 1.41. The molecule has 1 aliphatic heterocycles. The summed E-state index contributed by atoms with van der Waals surface area (Å²) in [6.45, 7) is 2.87. The topological polar surface area (TPSA) is 117 Å². The number of nitro groups is 1. The number of hydrogen-bond acceptors (Lipinski definition) is 7. The smallest absolute Gasteiger partial charge is 0.271 e. The predicted molar refractivity (Wildman–Crippen MR) is 97.1 cm³/mol. The SMILES string of the molecule is CC(=O)Nc1nc2c(s1)CN(CC(=O)Nc1cccc([N+](=O)[O-])c1)CC2. The number of nitrogens with one attached hydrogen (secondary N) is 2. The van der Waals surface area contributed by atoms with Crippen LogP contribution in [0.25, 0.3) is 0 Å². The Morgan fingerprint density at radius 2 is 2.19 bits per heavy atom. The normalized spacial score (nSPS) is 13.7. The number of amides is 2. The van der Waals surface area contributed by atoms with Crippen molar-refractivity contribution in [3.8, 4) is 0 Å². The monoisotopic (exact) mass is 375 g/mol. The Balaban J connectivity index is 1.59. The van der Waals surface area contributed by atoms with Gasteiger partial charge in [-0.25, -0.2) is 4.98 Å². The second-order valence-corrected chi connectivity index (χ2v) is 6.97. The molecule has 0 unspecified atom stereocenters. The van der Waals surface area contributed by atoms with Gasteiger partial charge in [0.05, 0.1) is 17.2 Å². The van der Waals surface area contributed by atoms with E-state index in [2.05, 4.69) is 15.6 Å². The molecule has 26 heavy (non-hydrogen) atoms. The predicted octanol–water partition coefficient (Wildman–Crippen LogP) is 2.01. The molecule has 0 bridgehead atoms. The Bertz CT molecular complexity index is 866. The second kappa shape index (κ2) is 7.58. The minimum Gasteiger partial charge on any atom is -0.325 e. The van der Waals surface area contributed by atoms with Crippen LogP contribution in [0.2, 0.25) is 0 Å². The highest BCUT2D eigenvalue weighted by Gasteiger charge is 2.22. The molecule has 136 valence electrons. The van der Waals surface area contributed by atoms with E-state index >= 15 is 0 Å². The minimum absolute atomic E-state index is 0.0689. The average molecular weight is 375 g/mol. The number of carbonyl (C=O) groups excluding carboxylic acids is 2. The van der Waals surface area contributed by atoms with E-state index in [1.165, 1.54) is 36.5 Å². The first-order valence-corrected chi connectivity index (χ1v) is 8.75. The maximum Gasteiger partial charge on any atom is 0.271 e. The molecular formula is C16H17N5O4S. The molecule has 1 aromatic carbocycles. The molecule has 2 aromatic rings. The minimum atomic E-state index is -0.502. The fourth-order valence-corrected chi connectivity index (χ4v) is 3.78. The van der Waals surface area contributed by atoms with Gasteiger partial charge in [0.2, 0.25) is 11.8 Å². The van der Waals surface area contributed by atoms with E-state index in [0.717, 1.165) is 10.6 Å². The van der Waals surface area contributed by atoms with E-state index in [9.17, 15) is 19.7 Å². The molecule has 0 spiro atoms. The molecule has 10 heteroatoms. The summed E-state index contributed by atoms with van der Waals surface area (Å²) in [4.78, 5) is 41.1. The van der Waals surface area contributed by atoms with Crippen molar-refractivity contribution in [1.82, 2.24) is 9.88 Å². The highest BCUT2D eigenvalue weighted by Crippen LogP contribution is 2.28. The fraction of sp³-hybridized carbons (Fsp3) is 0.312. The number of anilines is 2. The maximum absolute atomic E-state index is 12.2. The number of fused-ring (bicyclic) bond motifs is 1. The van der Waals surface area contributed by atoms with Gasteiger partial charge in [-0.1, -0.05) is 6.07 Å². The average Bonchev–Trinajstić information content (AvgIpc) is 2.95. The fourth-order valence-electron chi connectivity index (χ4n) is 2.69. The molecule has 2 amide bonds. The van der Waals surface area contributed by atoms with Crippen LogP contribution in [-0.2, 0) is 22.6 Å². The molecule has 9 nitrogen and oxygen atoms in total. The number of benzene rings is 1. The number of hydrogen-bond donors (Lipinski definition) is 2. The van der Waals surface area contributed by atoms with E-state index in [4.69, 9.17) is 0 Å². The van der Waals surface area contributed by atoms with Gasteiger partial charge >= 0.3 is 0 Å². The Morgan fingerprint density at radius 1 is 1.38 bits per heavy atom. The zero-order chi connectivity index (χ0) is 18.7. The first-order valence-electron chi connectivity index (χ1n) is 7.93. The summed E-state index contributed by atoms with van der Waals surface area (Å²) in [6, 6.07) is 5.84. The Labute approximate surface area is 153 Å². The molecular weight excluding hydrogens is 358 g/mol. The highest BCUT2D eigenvalue weighted by molar-refractivity contribution is 7.15. The highest BCUT2D eigenvalue weighted by atomic mass is 32.1. The molecule has 0 radical (unpaired) electrons. The summed E-state index contributed by atoms with van der Waals surface area (Å²) in [5, 5.41) is 16.7. The van der Waals surface area contributed by atoms with Gasteiger partial charge in [0.25, 0.3) is 5.69 Å². The van der Waals surface area contributed by atoms with Crippen LogP contribution in [0.5, 0.6) is 0 Å². The van der Waals surface area contributed by atoms with Crippen LogP contribution in [0.3, 0.4) is 0 Å². The lowest BCUT2D eigenvalue weighted by Gasteiger charge is -2.25. The van der Waals surface area contributed by atoms with Gasteiger partial charge in [-0.3, -0.25) is 24.6 Å². The van der Waals surface area contributed by atoms with Crippen LogP contribution in [0.15, 0.2) is 24.3 Å². The van der Waals surface area contributed by atoms with Gasteiger partial charge in [-0.15, -0.1) is 11.3 Å². The van der Waals surface area contributed by atoms with Crippen molar-refractivity contribution in [2.24, 2.45) is 0 Å². The molecule has 0 fully saturated rings. The van der Waals surface area contributed by atoms with Gasteiger partial charge < -0.3 is 10.6 Å². The quantitative estimate of drug-likeness (QED) is 0.610. The summed E-state index contributed by atoms with van der Waals surface area (Å²) in [5.74, 6) is -0.398. The third kappa shape index (κ3) is 4.41. The second-order valence-electron chi connectivity index (χ2n) is 5.89. The third-order valence-corrected chi connectivity index (χ3v) is 4.80. The summed E-state index contributed by atoms with van der Waals surface area (Å²) < 4.78 is 0. The van der Waals surface area contributed by atoms with E-state index in [1.807, 2.05) is 4.90 Å². The Morgan fingerprint density at radius 3 is 2.92 bits per heavy atom. The molecule has 1 aliphatic rings. The number of non-ortho nitro benzene ring substituents is 1. The van der Waals surface area contributed by atoms with Gasteiger partial charge in [-0.05, 0) is 6.07 Å². The molecule has 3 rings (SSSR count). The first kappa shape index (κ1) is 18.0. The molecule has 0 atom stereocenters. The number of carbonyl (C=O) groups is 2. The third-order valence-electron chi connectivity index (χ3n) is 3.80.